The average Bonchev–Trinajstić information content (AvgIpc) is 3.51. The SMILES string of the molecule is CC#CC(=O)N1CC[C@@H](N2CN(c3ccc(Oc4ccc(OC)c(C)c4)cc3)c3c(N)ncnc32)C1. The number of hydrogen-bond acceptors (Lipinski definition) is 8. The molecule has 0 aliphatic carbocycles. The lowest BCUT2D eigenvalue weighted by molar-refractivity contribution is -0.124. The Morgan fingerprint density at radius 2 is 1.92 bits per heavy atom. The monoisotopic (exact) mass is 484 g/mol. The lowest BCUT2D eigenvalue weighted by Crippen LogP contribution is -2.40. The number of aryl methyl sites for hydroxylation is 1. The van der Waals surface area contributed by atoms with Crippen molar-refractivity contribution >= 4 is 28.9 Å². The van der Waals surface area contributed by atoms with Gasteiger partial charge in [0.15, 0.2) is 11.6 Å². The number of methoxy groups -OCH3 is 1. The van der Waals surface area contributed by atoms with Gasteiger partial charge in [-0.25, -0.2) is 9.97 Å². The number of nitrogens with zero attached hydrogens (tertiary/aromatic N) is 5. The van der Waals surface area contributed by atoms with Gasteiger partial charge in [0.1, 0.15) is 29.3 Å². The highest BCUT2D eigenvalue weighted by molar-refractivity contribution is 5.94. The summed E-state index contributed by atoms with van der Waals surface area (Å²) in [5, 5.41) is 0. The number of aromatic nitrogens is 2. The van der Waals surface area contributed by atoms with Gasteiger partial charge in [0.2, 0.25) is 0 Å². The summed E-state index contributed by atoms with van der Waals surface area (Å²) in [6.45, 7) is 5.48. The molecule has 9 nitrogen and oxygen atoms in total. The van der Waals surface area contributed by atoms with Crippen LogP contribution in [0.3, 0.4) is 0 Å². The van der Waals surface area contributed by atoms with E-state index in [9.17, 15) is 4.79 Å². The normalized spacial score (nSPS) is 16.4. The first kappa shape index (κ1) is 23.3. The van der Waals surface area contributed by atoms with Gasteiger partial charge in [-0.05, 0) is 74.2 Å². The van der Waals surface area contributed by atoms with E-state index in [1.807, 2.05) is 49.4 Å². The third kappa shape index (κ3) is 4.33. The van der Waals surface area contributed by atoms with Crippen molar-refractivity contribution in [1.29, 1.82) is 0 Å². The molecular formula is C27H28N6O3. The molecule has 0 bridgehead atoms. The van der Waals surface area contributed by atoms with Crippen molar-refractivity contribution in [2.75, 3.05) is 42.4 Å². The Morgan fingerprint density at radius 3 is 2.64 bits per heavy atom. The Balaban J connectivity index is 1.36. The van der Waals surface area contributed by atoms with Crippen LogP contribution in [0, 0.1) is 18.8 Å². The second-order valence-electron chi connectivity index (χ2n) is 8.77. The van der Waals surface area contributed by atoms with Gasteiger partial charge < -0.3 is 29.9 Å². The number of carbonyl (C=O) groups is 1. The van der Waals surface area contributed by atoms with Gasteiger partial charge >= 0.3 is 0 Å². The Hall–Kier alpha value is -4.45. The van der Waals surface area contributed by atoms with E-state index in [2.05, 4.69) is 31.6 Å². The summed E-state index contributed by atoms with van der Waals surface area (Å²) < 4.78 is 11.4. The van der Waals surface area contributed by atoms with E-state index in [1.165, 1.54) is 6.33 Å². The summed E-state index contributed by atoms with van der Waals surface area (Å²) in [4.78, 5) is 27.1. The zero-order chi connectivity index (χ0) is 25.2. The fraction of sp³-hybridized carbons (Fsp3) is 0.296. The van der Waals surface area contributed by atoms with Gasteiger partial charge in [0.25, 0.3) is 5.91 Å². The molecule has 2 aromatic carbocycles. The maximum Gasteiger partial charge on any atom is 0.298 e. The first-order chi connectivity index (χ1) is 17.5. The second kappa shape index (κ2) is 9.66. The Kier molecular flexibility index (Phi) is 6.25. The van der Waals surface area contributed by atoms with Crippen molar-refractivity contribution in [3.05, 3.63) is 54.4 Å². The van der Waals surface area contributed by atoms with Crippen molar-refractivity contribution in [3.8, 4) is 29.1 Å². The Labute approximate surface area is 210 Å². The molecule has 2 N–H and O–H groups in total. The minimum absolute atomic E-state index is 0.117. The third-order valence-electron chi connectivity index (χ3n) is 6.54. The van der Waals surface area contributed by atoms with Crippen LogP contribution in [0.1, 0.15) is 18.9 Å². The van der Waals surface area contributed by atoms with Crippen LogP contribution in [0.25, 0.3) is 0 Å². The summed E-state index contributed by atoms with van der Waals surface area (Å²) in [5.41, 5.74) is 9.03. The van der Waals surface area contributed by atoms with E-state index in [-0.39, 0.29) is 11.9 Å². The molecule has 1 fully saturated rings. The van der Waals surface area contributed by atoms with Crippen LogP contribution >= 0.6 is 0 Å². The molecule has 0 saturated carbocycles. The molecule has 3 aromatic rings. The van der Waals surface area contributed by atoms with Crippen LogP contribution in [0.4, 0.5) is 23.0 Å². The fourth-order valence-corrected chi connectivity index (χ4v) is 4.75. The van der Waals surface area contributed by atoms with E-state index in [0.29, 0.717) is 25.6 Å². The number of nitrogen functional groups attached to an aromatic ring is 1. The smallest absolute Gasteiger partial charge is 0.298 e. The maximum atomic E-state index is 12.3. The van der Waals surface area contributed by atoms with Crippen LogP contribution < -0.4 is 25.0 Å². The van der Waals surface area contributed by atoms with Gasteiger partial charge in [-0.15, -0.1) is 0 Å². The van der Waals surface area contributed by atoms with Gasteiger partial charge in [0.05, 0.1) is 19.8 Å². The summed E-state index contributed by atoms with van der Waals surface area (Å²) in [6, 6.07) is 13.7. The minimum Gasteiger partial charge on any atom is -0.496 e. The summed E-state index contributed by atoms with van der Waals surface area (Å²) in [6.07, 6.45) is 2.32. The molecule has 9 heteroatoms. The van der Waals surface area contributed by atoms with E-state index >= 15 is 0 Å². The van der Waals surface area contributed by atoms with E-state index in [4.69, 9.17) is 15.2 Å². The lowest BCUT2D eigenvalue weighted by atomic mass is 10.2. The fourth-order valence-electron chi connectivity index (χ4n) is 4.75. The van der Waals surface area contributed by atoms with E-state index in [1.54, 1.807) is 18.9 Å². The molecule has 2 aliphatic rings. The average molecular weight is 485 g/mol. The summed E-state index contributed by atoms with van der Waals surface area (Å²) in [7, 11) is 1.65. The number of hydrogen-bond donors (Lipinski definition) is 1. The standard InChI is InChI=1S/C27H28N6O3/c1-4-5-24(34)31-13-12-20(15-31)33-17-32(25-26(28)29-16-30-27(25)33)19-6-8-21(9-7-19)36-22-10-11-23(35-3)18(2)14-22/h6-11,14,16,20H,12-13,15,17H2,1-3H3,(H2,28,29,30)/t20-/m1/s1. The summed E-state index contributed by atoms with van der Waals surface area (Å²) >= 11 is 0. The quantitative estimate of drug-likeness (QED) is 0.548. The maximum absolute atomic E-state index is 12.3. The van der Waals surface area contributed by atoms with Gasteiger partial charge in [-0.1, -0.05) is 5.92 Å². The van der Waals surface area contributed by atoms with Crippen LogP contribution in [0.15, 0.2) is 48.8 Å². The van der Waals surface area contributed by atoms with E-state index in [0.717, 1.165) is 46.4 Å². The number of carbonyl (C=O) groups excluding carboxylic acids is 1. The zero-order valence-corrected chi connectivity index (χ0v) is 20.6. The number of benzene rings is 2. The predicted octanol–water partition coefficient (Wildman–Crippen LogP) is 3.71. The molecule has 1 saturated heterocycles. The first-order valence-electron chi connectivity index (χ1n) is 11.8. The van der Waals surface area contributed by atoms with Crippen molar-refractivity contribution in [3.63, 3.8) is 0 Å². The molecular weight excluding hydrogens is 456 g/mol. The van der Waals surface area contributed by atoms with Crippen LogP contribution in [0.2, 0.25) is 0 Å². The van der Waals surface area contributed by atoms with Crippen LogP contribution in [-0.4, -0.2) is 53.7 Å². The molecule has 3 heterocycles. The number of likely N-dealkylation sites (tertiary alicyclic amines) is 1. The van der Waals surface area contributed by atoms with Crippen molar-refractivity contribution in [2.45, 2.75) is 26.3 Å². The Morgan fingerprint density at radius 1 is 1.14 bits per heavy atom. The number of fused-ring (bicyclic) bond motifs is 1. The number of amides is 1. The van der Waals surface area contributed by atoms with E-state index < -0.39 is 0 Å². The topological polar surface area (TPSA) is 97.1 Å². The van der Waals surface area contributed by atoms with Crippen molar-refractivity contribution in [1.82, 2.24) is 14.9 Å². The van der Waals surface area contributed by atoms with Crippen LogP contribution in [-0.2, 0) is 4.79 Å². The van der Waals surface area contributed by atoms with Crippen LogP contribution in [0.5, 0.6) is 17.2 Å². The summed E-state index contributed by atoms with van der Waals surface area (Å²) in [5.74, 6) is 8.67. The number of rotatable bonds is 5. The Bertz CT molecular complexity index is 1350. The highest BCUT2D eigenvalue weighted by Crippen LogP contribution is 2.44. The molecule has 2 aliphatic heterocycles. The zero-order valence-electron chi connectivity index (χ0n) is 20.6. The lowest BCUT2D eigenvalue weighted by Gasteiger charge is -2.26. The highest BCUT2D eigenvalue weighted by atomic mass is 16.5. The molecule has 1 amide bonds. The number of ether oxygens (including phenoxy) is 2. The first-order valence-corrected chi connectivity index (χ1v) is 11.8. The number of anilines is 4. The largest absolute Gasteiger partial charge is 0.496 e. The third-order valence-corrected chi connectivity index (χ3v) is 6.54. The molecule has 0 radical (unpaired) electrons. The highest BCUT2D eigenvalue weighted by Gasteiger charge is 2.38. The molecule has 0 unspecified atom stereocenters. The molecule has 5 rings (SSSR count). The molecule has 36 heavy (non-hydrogen) atoms. The number of nitrogens with two attached hydrogens (primary N) is 1. The minimum atomic E-state index is -0.138. The van der Waals surface area contributed by atoms with Gasteiger partial charge in [0, 0.05) is 18.8 Å². The molecule has 1 atom stereocenters. The molecule has 0 spiro atoms. The van der Waals surface area contributed by atoms with Crippen molar-refractivity contribution in [2.24, 2.45) is 0 Å². The van der Waals surface area contributed by atoms with Crippen molar-refractivity contribution < 1.29 is 14.3 Å². The molecule has 184 valence electrons. The molecule has 1 aromatic heterocycles. The predicted molar refractivity (Wildman–Crippen MR) is 139 cm³/mol. The second-order valence-corrected chi connectivity index (χ2v) is 8.77. The van der Waals surface area contributed by atoms with Gasteiger partial charge in [-0.2, -0.15) is 0 Å². The van der Waals surface area contributed by atoms with Gasteiger partial charge in [-0.3, -0.25) is 4.79 Å².